The summed E-state index contributed by atoms with van der Waals surface area (Å²) in [6.07, 6.45) is 3.79. The molecule has 78 valence electrons. The summed E-state index contributed by atoms with van der Waals surface area (Å²) < 4.78 is 15.6. The predicted molar refractivity (Wildman–Crippen MR) is 61.6 cm³/mol. The van der Waals surface area contributed by atoms with E-state index in [4.69, 9.17) is 0 Å². The largest absolute Gasteiger partial charge is 0.322 e. The molecular weight excluding hydrogens is 259 g/mol. The summed E-state index contributed by atoms with van der Waals surface area (Å²) in [5, 5.41) is 0. The van der Waals surface area contributed by atoms with Crippen molar-refractivity contribution < 1.29 is 4.39 Å². The van der Waals surface area contributed by atoms with Gasteiger partial charge in [-0.3, -0.25) is 4.68 Å². The first kappa shape index (κ1) is 10.2. The minimum absolute atomic E-state index is 0.228. The van der Waals surface area contributed by atoms with Crippen LogP contribution >= 0.6 is 15.9 Å². The van der Waals surface area contributed by atoms with E-state index in [1.165, 1.54) is 12.1 Å². The van der Waals surface area contributed by atoms with Gasteiger partial charge in [0.15, 0.2) is 0 Å². The molecule has 0 aliphatic heterocycles. The van der Waals surface area contributed by atoms with Crippen LogP contribution in [0.15, 0.2) is 47.2 Å². The number of hydrogen-bond acceptors (Lipinski definition) is 1. The van der Waals surface area contributed by atoms with Gasteiger partial charge in [-0.05, 0) is 35.9 Å². The van der Waals surface area contributed by atoms with Gasteiger partial charge in [0.1, 0.15) is 5.82 Å². The van der Waals surface area contributed by atoms with Crippen molar-refractivity contribution in [2.24, 2.45) is 0 Å². The van der Waals surface area contributed by atoms with Crippen LogP contribution in [-0.4, -0.2) is 4.68 Å². The predicted octanol–water partition coefficient (Wildman–Crippen LogP) is 3.13. The molecule has 2 aromatic rings. The molecule has 1 aromatic carbocycles. The molecule has 2 rings (SSSR count). The topological polar surface area (TPSA) is 17.0 Å². The Balaban J connectivity index is 2.05. The number of benzene rings is 1. The third kappa shape index (κ3) is 2.83. The van der Waals surface area contributed by atoms with Gasteiger partial charge in [0.2, 0.25) is 0 Å². The van der Waals surface area contributed by atoms with E-state index < -0.39 is 0 Å². The highest BCUT2D eigenvalue weighted by molar-refractivity contribution is 9.10. The van der Waals surface area contributed by atoms with Crippen molar-refractivity contribution in [2.75, 3.05) is 5.43 Å². The lowest BCUT2D eigenvalue weighted by Crippen LogP contribution is -2.11. The van der Waals surface area contributed by atoms with E-state index in [0.29, 0.717) is 6.54 Å². The second-order valence-electron chi connectivity index (χ2n) is 3.20. The van der Waals surface area contributed by atoms with E-state index in [0.717, 1.165) is 10.0 Å². The van der Waals surface area contributed by atoms with Gasteiger partial charge in [-0.2, -0.15) is 0 Å². The highest BCUT2D eigenvalue weighted by Gasteiger charge is 1.98. The van der Waals surface area contributed by atoms with E-state index in [2.05, 4.69) is 21.4 Å². The quantitative estimate of drug-likeness (QED) is 0.905. The Bertz CT molecular complexity index is 420. The lowest BCUT2D eigenvalue weighted by molar-refractivity contribution is 0.624. The molecule has 1 N–H and O–H groups in total. The van der Waals surface area contributed by atoms with Crippen LogP contribution in [0.4, 0.5) is 4.39 Å². The van der Waals surface area contributed by atoms with Crippen molar-refractivity contribution in [1.29, 1.82) is 0 Å². The fraction of sp³-hybridized carbons (Fsp3) is 0.0909. The summed E-state index contributed by atoms with van der Waals surface area (Å²) in [6, 6.07) is 8.70. The first-order valence-electron chi connectivity index (χ1n) is 4.56. The standard InChI is InChI=1S/C11H10BrFN2/c12-10-5-9(6-11(13)7-10)8-14-15-3-1-2-4-15/h1-7,14H,8H2. The third-order valence-corrected chi connectivity index (χ3v) is 2.45. The number of hydrogen-bond donors (Lipinski definition) is 1. The second kappa shape index (κ2) is 4.49. The smallest absolute Gasteiger partial charge is 0.124 e. The van der Waals surface area contributed by atoms with Crippen molar-refractivity contribution in [3.63, 3.8) is 0 Å². The molecule has 0 amide bonds. The van der Waals surface area contributed by atoms with Crippen LogP contribution in [0.2, 0.25) is 0 Å². The van der Waals surface area contributed by atoms with E-state index in [9.17, 15) is 4.39 Å². The Hall–Kier alpha value is -1.29. The SMILES string of the molecule is Fc1cc(Br)cc(CNn2cccc2)c1. The van der Waals surface area contributed by atoms with Gasteiger partial charge in [-0.1, -0.05) is 15.9 Å². The normalized spacial score (nSPS) is 10.3. The van der Waals surface area contributed by atoms with Crippen molar-refractivity contribution in [3.8, 4) is 0 Å². The fourth-order valence-electron chi connectivity index (χ4n) is 1.34. The maximum Gasteiger partial charge on any atom is 0.124 e. The van der Waals surface area contributed by atoms with E-state index >= 15 is 0 Å². The Kier molecular flexibility index (Phi) is 3.06. The van der Waals surface area contributed by atoms with Crippen LogP contribution in [0.25, 0.3) is 0 Å². The lowest BCUT2D eigenvalue weighted by atomic mass is 10.2. The molecule has 1 heterocycles. The molecule has 0 spiro atoms. The molecule has 2 nitrogen and oxygen atoms in total. The van der Waals surface area contributed by atoms with Gasteiger partial charge in [-0.25, -0.2) is 4.39 Å². The molecule has 0 bridgehead atoms. The van der Waals surface area contributed by atoms with Crippen molar-refractivity contribution in [1.82, 2.24) is 4.68 Å². The Morgan fingerprint density at radius 3 is 2.60 bits per heavy atom. The maximum atomic E-state index is 13.0. The summed E-state index contributed by atoms with van der Waals surface area (Å²) in [5.74, 6) is -0.228. The molecule has 0 saturated carbocycles. The molecule has 0 aliphatic carbocycles. The zero-order valence-corrected chi connectivity index (χ0v) is 9.54. The van der Waals surface area contributed by atoms with Crippen molar-refractivity contribution in [2.45, 2.75) is 6.54 Å². The number of aromatic nitrogens is 1. The molecule has 0 saturated heterocycles. The Morgan fingerprint density at radius 2 is 1.93 bits per heavy atom. The van der Waals surface area contributed by atoms with Gasteiger partial charge in [0.25, 0.3) is 0 Å². The highest BCUT2D eigenvalue weighted by Crippen LogP contribution is 2.14. The molecule has 15 heavy (non-hydrogen) atoms. The van der Waals surface area contributed by atoms with Gasteiger partial charge in [-0.15, -0.1) is 0 Å². The summed E-state index contributed by atoms with van der Waals surface area (Å²) in [6.45, 7) is 0.588. The van der Waals surface area contributed by atoms with Crippen molar-refractivity contribution >= 4 is 15.9 Å². The summed E-state index contributed by atoms with van der Waals surface area (Å²) in [5.41, 5.74) is 4.02. The van der Waals surface area contributed by atoms with Gasteiger partial charge < -0.3 is 5.43 Å². The van der Waals surface area contributed by atoms with Crippen LogP contribution in [0.5, 0.6) is 0 Å². The summed E-state index contributed by atoms with van der Waals surface area (Å²) in [4.78, 5) is 0. The third-order valence-electron chi connectivity index (χ3n) is 1.99. The van der Waals surface area contributed by atoms with Crippen LogP contribution < -0.4 is 5.43 Å². The Labute approximate surface area is 95.8 Å². The number of rotatable bonds is 3. The molecular formula is C11H10BrFN2. The molecule has 0 atom stereocenters. The minimum Gasteiger partial charge on any atom is -0.322 e. The maximum absolute atomic E-state index is 13.0. The zero-order valence-electron chi connectivity index (χ0n) is 7.95. The van der Waals surface area contributed by atoms with Gasteiger partial charge in [0.05, 0.1) is 6.54 Å². The minimum atomic E-state index is -0.228. The summed E-state index contributed by atoms with van der Waals surface area (Å²) in [7, 11) is 0. The average Bonchev–Trinajstić information content (AvgIpc) is 2.65. The fourth-order valence-corrected chi connectivity index (χ4v) is 1.85. The highest BCUT2D eigenvalue weighted by atomic mass is 79.9. The molecule has 4 heteroatoms. The van der Waals surface area contributed by atoms with Crippen LogP contribution in [-0.2, 0) is 6.54 Å². The molecule has 0 fully saturated rings. The van der Waals surface area contributed by atoms with Crippen molar-refractivity contribution in [3.05, 3.63) is 58.6 Å². The first-order chi connectivity index (χ1) is 7.24. The average molecular weight is 269 g/mol. The Morgan fingerprint density at radius 1 is 1.20 bits per heavy atom. The first-order valence-corrected chi connectivity index (χ1v) is 5.35. The number of nitrogens with one attached hydrogen (secondary N) is 1. The number of halogens is 2. The molecule has 0 radical (unpaired) electrons. The van der Waals surface area contributed by atoms with Gasteiger partial charge >= 0.3 is 0 Å². The molecule has 1 aromatic heterocycles. The van der Waals surface area contributed by atoms with Crippen LogP contribution in [0, 0.1) is 5.82 Å². The van der Waals surface area contributed by atoms with E-state index in [-0.39, 0.29) is 5.82 Å². The molecule has 0 unspecified atom stereocenters. The monoisotopic (exact) mass is 268 g/mol. The van der Waals surface area contributed by atoms with Gasteiger partial charge in [0, 0.05) is 16.9 Å². The van der Waals surface area contributed by atoms with Crippen LogP contribution in [0.3, 0.4) is 0 Å². The number of nitrogens with zero attached hydrogens (tertiary/aromatic N) is 1. The summed E-state index contributed by atoms with van der Waals surface area (Å²) >= 11 is 3.26. The van der Waals surface area contributed by atoms with E-state index in [1.807, 2.05) is 35.3 Å². The second-order valence-corrected chi connectivity index (χ2v) is 4.12. The molecule has 0 aliphatic rings. The lowest BCUT2D eigenvalue weighted by Gasteiger charge is -2.07. The van der Waals surface area contributed by atoms with Crippen LogP contribution in [0.1, 0.15) is 5.56 Å². The zero-order chi connectivity index (χ0) is 10.7. The van der Waals surface area contributed by atoms with E-state index in [1.54, 1.807) is 0 Å².